The molecule has 1 amide bonds. The van der Waals surface area contributed by atoms with E-state index in [1.807, 2.05) is 45.9 Å². The second kappa shape index (κ2) is 12.4. The number of hydrogen-bond donors (Lipinski definition) is 2. The molecule has 24 heavy (non-hydrogen) atoms. The number of rotatable bonds is 4. The van der Waals surface area contributed by atoms with Gasteiger partial charge in [0.1, 0.15) is 18.7 Å². The Kier molecular flexibility index (Phi) is 11.4. The minimum Gasteiger partial charge on any atom is -0.382 e. The van der Waals surface area contributed by atoms with Gasteiger partial charge in [-0.2, -0.15) is 0 Å². The van der Waals surface area contributed by atoms with Crippen LogP contribution >= 0.6 is 15.9 Å². The molecule has 3 N–H and O–H groups in total. The predicted molar refractivity (Wildman–Crippen MR) is 105 cm³/mol. The molecule has 1 aromatic carbocycles. The molecule has 0 aliphatic carbocycles. The maximum absolute atomic E-state index is 12.0. The lowest BCUT2D eigenvalue weighted by molar-refractivity contribution is -0.130. The number of nitrogens with two attached hydrogens (primary N) is 1. The maximum atomic E-state index is 12.0. The minimum atomic E-state index is -0.0582. The third-order valence-electron chi connectivity index (χ3n) is 2.91. The van der Waals surface area contributed by atoms with E-state index in [1.54, 1.807) is 4.90 Å². The van der Waals surface area contributed by atoms with Crippen LogP contribution in [0.25, 0.3) is 0 Å². The number of carbonyl (C=O) groups is 1. The summed E-state index contributed by atoms with van der Waals surface area (Å²) in [5, 5.41) is 6.84. The molecule has 0 saturated carbocycles. The van der Waals surface area contributed by atoms with Gasteiger partial charge in [0, 0.05) is 17.6 Å². The Morgan fingerprint density at radius 1 is 1.29 bits per heavy atom. The van der Waals surface area contributed by atoms with Gasteiger partial charge < -0.3 is 16.0 Å². The minimum absolute atomic E-state index is 0.0317. The van der Waals surface area contributed by atoms with Crippen LogP contribution in [0.1, 0.15) is 38.8 Å². The Morgan fingerprint density at radius 2 is 1.92 bits per heavy atom. The van der Waals surface area contributed by atoms with Gasteiger partial charge in [-0.15, -0.1) is 0 Å². The van der Waals surface area contributed by atoms with Crippen LogP contribution < -0.4 is 5.73 Å². The Bertz CT molecular complexity index is 599. The molecular weight excluding hydrogens is 370 g/mol. The SMILES string of the molecule is CC.CC.N=CC(N)=NC=NCC(=O)N1Cc2ccc(Br)cc2C1. The fourth-order valence-electron chi connectivity index (χ4n) is 1.90. The Balaban J connectivity index is 0.00000123. The predicted octanol–water partition coefficient (Wildman–Crippen LogP) is 3.38. The molecule has 0 unspecified atom stereocenters. The lowest BCUT2D eigenvalue weighted by Gasteiger charge is -2.13. The summed E-state index contributed by atoms with van der Waals surface area (Å²) in [6, 6.07) is 6.02. The van der Waals surface area contributed by atoms with Crippen LogP contribution in [-0.4, -0.2) is 35.7 Å². The average Bonchev–Trinajstić information content (AvgIpc) is 3.05. The molecule has 0 aromatic heterocycles. The first-order chi connectivity index (χ1) is 11.6. The summed E-state index contributed by atoms with van der Waals surface area (Å²) in [6.45, 7) is 9.25. The first-order valence-corrected chi connectivity index (χ1v) is 8.76. The Labute approximate surface area is 152 Å². The van der Waals surface area contributed by atoms with Gasteiger partial charge in [-0.25, -0.2) is 4.99 Å². The molecule has 1 aliphatic rings. The van der Waals surface area contributed by atoms with Gasteiger partial charge in [0.05, 0.1) is 6.21 Å². The molecule has 1 aliphatic heterocycles. The molecule has 0 fully saturated rings. The van der Waals surface area contributed by atoms with E-state index in [9.17, 15) is 4.79 Å². The lowest BCUT2D eigenvalue weighted by atomic mass is 10.1. The van der Waals surface area contributed by atoms with E-state index in [0.717, 1.165) is 21.8 Å². The molecule has 7 heteroatoms. The van der Waals surface area contributed by atoms with E-state index in [0.29, 0.717) is 13.1 Å². The fraction of sp³-hybridized carbons (Fsp3) is 0.412. The molecule has 6 nitrogen and oxygen atoms in total. The summed E-state index contributed by atoms with van der Waals surface area (Å²) in [7, 11) is 0. The molecule has 0 bridgehead atoms. The monoisotopic (exact) mass is 395 g/mol. The van der Waals surface area contributed by atoms with Crippen LogP contribution in [0, 0.1) is 5.41 Å². The number of nitrogens with zero attached hydrogens (tertiary/aromatic N) is 3. The second-order valence-corrected chi connectivity index (χ2v) is 5.23. The van der Waals surface area contributed by atoms with Crippen molar-refractivity contribution in [1.82, 2.24) is 4.90 Å². The van der Waals surface area contributed by atoms with Crippen LogP contribution in [-0.2, 0) is 17.9 Å². The normalized spacial score (nSPS) is 12.7. The summed E-state index contributed by atoms with van der Waals surface area (Å²) >= 11 is 3.42. The smallest absolute Gasteiger partial charge is 0.244 e. The van der Waals surface area contributed by atoms with Crippen molar-refractivity contribution in [1.29, 1.82) is 5.41 Å². The number of carbonyl (C=O) groups excluding carboxylic acids is 1. The first-order valence-electron chi connectivity index (χ1n) is 7.97. The maximum Gasteiger partial charge on any atom is 0.244 e. The third-order valence-corrected chi connectivity index (χ3v) is 3.40. The molecule has 0 saturated heterocycles. The average molecular weight is 396 g/mol. The van der Waals surface area contributed by atoms with Crippen LogP contribution in [0.5, 0.6) is 0 Å². The number of amides is 1. The van der Waals surface area contributed by atoms with E-state index < -0.39 is 0 Å². The number of benzene rings is 1. The van der Waals surface area contributed by atoms with E-state index in [-0.39, 0.29) is 18.3 Å². The lowest BCUT2D eigenvalue weighted by Crippen LogP contribution is -2.27. The Morgan fingerprint density at radius 3 is 2.54 bits per heavy atom. The van der Waals surface area contributed by atoms with Crippen LogP contribution in [0.2, 0.25) is 0 Å². The number of hydrogen-bond acceptors (Lipinski definition) is 3. The fourth-order valence-corrected chi connectivity index (χ4v) is 2.31. The van der Waals surface area contributed by atoms with Crippen LogP contribution in [0.15, 0.2) is 32.7 Å². The zero-order chi connectivity index (χ0) is 18.5. The highest BCUT2D eigenvalue weighted by atomic mass is 79.9. The summed E-state index contributed by atoms with van der Waals surface area (Å²) in [5.74, 6) is -0.00294. The summed E-state index contributed by atoms with van der Waals surface area (Å²) in [5.41, 5.74) is 7.62. The van der Waals surface area contributed by atoms with Crippen molar-refractivity contribution in [3.05, 3.63) is 33.8 Å². The van der Waals surface area contributed by atoms with E-state index in [1.165, 1.54) is 6.34 Å². The van der Waals surface area contributed by atoms with E-state index in [4.69, 9.17) is 11.1 Å². The molecule has 1 aromatic rings. The van der Waals surface area contributed by atoms with Crippen LogP contribution in [0.3, 0.4) is 0 Å². The summed E-state index contributed by atoms with van der Waals surface area (Å²) in [6.07, 6.45) is 2.13. The van der Waals surface area contributed by atoms with Crippen molar-refractivity contribution in [2.24, 2.45) is 15.7 Å². The summed E-state index contributed by atoms with van der Waals surface area (Å²) < 4.78 is 1.01. The first kappa shape index (κ1) is 22.0. The van der Waals surface area contributed by atoms with Crippen molar-refractivity contribution < 1.29 is 4.79 Å². The van der Waals surface area contributed by atoms with E-state index >= 15 is 0 Å². The Hall–Kier alpha value is -2.02. The molecule has 0 radical (unpaired) electrons. The summed E-state index contributed by atoms with van der Waals surface area (Å²) in [4.78, 5) is 21.3. The highest BCUT2D eigenvalue weighted by Gasteiger charge is 2.22. The number of amidine groups is 1. The molecule has 2 rings (SSSR count). The highest BCUT2D eigenvalue weighted by molar-refractivity contribution is 9.10. The van der Waals surface area contributed by atoms with Crippen molar-refractivity contribution in [2.45, 2.75) is 40.8 Å². The second-order valence-electron chi connectivity index (χ2n) is 4.32. The molecule has 0 spiro atoms. The van der Waals surface area contributed by atoms with Crippen LogP contribution in [0.4, 0.5) is 0 Å². The molecule has 132 valence electrons. The van der Waals surface area contributed by atoms with Gasteiger partial charge in [-0.05, 0) is 23.3 Å². The van der Waals surface area contributed by atoms with Crippen molar-refractivity contribution in [3.63, 3.8) is 0 Å². The van der Waals surface area contributed by atoms with Crippen molar-refractivity contribution in [2.75, 3.05) is 6.54 Å². The van der Waals surface area contributed by atoms with Crippen molar-refractivity contribution >= 4 is 40.2 Å². The molecular formula is C17H26BrN5O. The van der Waals surface area contributed by atoms with E-state index in [2.05, 4.69) is 25.9 Å². The highest BCUT2D eigenvalue weighted by Crippen LogP contribution is 2.25. The van der Waals surface area contributed by atoms with Gasteiger partial charge in [-0.3, -0.25) is 9.79 Å². The topological polar surface area (TPSA) is 94.9 Å². The quantitative estimate of drug-likeness (QED) is 0.603. The molecule has 0 atom stereocenters. The number of fused-ring (bicyclic) bond motifs is 1. The zero-order valence-electron chi connectivity index (χ0n) is 14.7. The number of halogens is 1. The standard InChI is InChI=1S/C13H14BrN5O.2C2H6/c14-11-2-1-9-6-19(7-10(9)3-11)13(20)5-17-8-18-12(16)4-15;2*1-2/h1-4,8,15H,5-7H2,(H2,16,17,18);2*1-2H3. The zero-order valence-corrected chi connectivity index (χ0v) is 16.3. The van der Waals surface area contributed by atoms with Gasteiger partial charge in [0.25, 0.3) is 0 Å². The largest absolute Gasteiger partial charge is 0.382 e. The van der Waals surface area contributed by atoms with Gasteiger partial charge in [-0.1, -0.05) is 49.7 Å². The van der Waals surface area contributed by atoms with Gasteiger partial charge >= 0.3 is 0 Å². The number of nitrogens with one attached hydrogen (secondary N) is 1. The van der Waals surface area contributed by atoms with Crippen molar-refractivity contribution in [3.8, 4) is 0 Å². The number of aliphatic imine (C=N–C) groups is 2. The molecule has 1 heterocycles. The third kappa shape index (κ3) is 7.04. The van der Waals surface area contributed by atoms with Gasteiger partial charge in [0.15, 0.2) is 0 Å². The van der Waals surface area contributed by atoms with Gasteiger partial charge in [0.2, 0.25) is 5.91 Å².